The summed E-state index contributed by atoms with van der Waals surface area (Å²) in [6, 6.07) is 9.10. The van der Waals surface area contributed by atoms with Crippen LogP contribution in [0.2, 0.25) is 0 Å². The van der Waals surface area contributed by atoms with Crippen LogP contribution in [0, 0.1) is 11.8 Å². The molecule has 1 aliphatic rings. The normalized spacial score (nSPS) is 24.7. The number of rotatable bonds is 5. The molecule has 1 aromatic rings. The summed E-state index contributed by atoms with van der Waals surface area (Å²) in [4.78, 5) is 0. The summed E-state index contributed by atoms with van der Waals surface area (Å²) in [5, 5.41) is 3.50. The molecular weight excluding hydrogens is 234 g/mol. The van der Waals surface area contributed by atoms with Gasteiger partial charge < -0.3 is 10.1 Å². The molecule has 2 heteroatoms. The Morgan fingerprint density at radius 3 is 2.32 bits per heavy atom. The van der Waals surface area contributed by atoms with Crippen LogP contribution in [0.15, 0.2) is 24.3 Å². The van der Waals surface area contributed by atoms with Crippen LogP contribution in [0.3, 0.4) is 0 Å². The molecule has 0 spiro atoms. The van der Waals surface area contributed by atoms with E-state index in [1.165, 1.54) is 24.8 Å². The van der Waals surface area contributed by atoms with E-state index < -0.39 is 0 Å². The van der Waals surface area contributed by atoms with Gasteiger partial charge in [0.1, 0.15) is 5.75 Å². The zero-order valence-corrected chi connectivity index (χ0v) is 12.6. The lowest BCUT2D eigenvalue weighted by molar-refractivity contribution is 0.242. The Morgan fingerprint density at radius 1 is 1.16 bits per heavy atom. The van der Waals surface area contributed by atoms with E-state index in [2.05, 4.69) is 57.4 Å². The van der Waals surface area contributed by atoms with Crippen LogP contribution in [0.5, 0.6) is 5.75 Å². The van der Waals surface area contributed by atoms with Crippen LogP contribution in [-0.4, -0.2) is 13.2 Å². The van der Waals surface area contributed by atoms with Crippen molar-refractivity contribution < 1.29 is 4.74 Å². The minimum atomic E-state index is 0.238. The highest BCUT2D eigenvalue weighted by Gasteiger charge is 2.28. The lowest BCUT2D eigenvalue weighted by atomic mass is 9.91. The molecule has 0 amide bonds. The van der Waals surface area contributed by atoms with Crippen LogP contribution in [0.25, 0.3) is 0 Å². The van der Waals surface area contributed by atoms with E-state index in [0.29, 0.717) is 6.04 Å². The fourth-order valence-electron chi connectivity index (χ4n) is 3.25. The summed E-state index contributed by atoms with van der Waals surface area (Å²) in [5.74, 6) is 2.62. The van der Waals surface area contributed by atoms with Gasteiger partial charge in [-0.25, -0.2) is 0 Å². The second kappa shape index (κ2) is 6.42. The van der Waals surface area contributed by atoms with Gasteiger partial charge in [0.15, 0.2) is 0 Å². The molecule has 3 unspecified atom stereocenters. The average Bonchev–Trinajstić information content (AvgIpc) is 2.78. The van der Waals surface area contributed by atoms with Crippen molar-refractivity contribution in [1.82, 2.24) is 5.32 Å². The second-order valence-electron chi connectivity index (χ2n) is 6.18. The number of hydrogen-bond acceptors (Lipinski definition) is 2. The first-order valence-corrected chi connectivity index (χ1v) is 7.54. The lowest BCUT2D eigenvalue weighted by Gasteiger charge is -2.24. The van der Waals surface area contributed by atoms with E-state index >= 15 is 0 Å². The molecule has 0 saturated heterocycles. The number of benzene rings is 1. The zero-order chi connectivity index (χ0) is 13.8. The van der Waals surface area contributed by atoms with Gasteiger partial charge in [0.25, 0.3) is 0 Å². The molecule has 0 bridgehead atoms. The monoisotopic (exact) mass is 261 g/mol. The Morgan fingerprint density at radius 2 is 1.84 bits per heavy atom. The summed E-state index contributed by atoms with van der Waals surface area (Å²) in [5.41, 5.74) is 1.39. The maximum Gasteiger partial charge on any atom is 0.119 e. The Hall–Kier alpha value is -1.02. The first kappa shape index (κ1) is 14.4. The fourth-order valence-corrected chi connectivity index (χ4v) is 3.25. The third-order valence-corrected chi connectivity index (χ3v) is 4.13. The van der Waals surface area contributed by atoms with Gasteiger partial charge in [-0.15, -0.1) is 0 Å². The van der Waals surface area contributed by atoms with Gasteiger partial charge in [-0.1, -0.05) is 25.5 Å². The van der Waals surface area contributed by atoms with Crippen molar-refractivity contribution in [1.29, 1.82) is 0 Å². The smallest absolute Gasteiger partial charge is 0.119 e. The Bertz CT molecular complexity index is 385. The van der Waals surface area contributed by atoms with Crippen molar-refractivity contribution >= 4 is 0 Å². The molecule has 2 rings (SSSR count). The van der Waals surface area contributed by atoms with E-state index in [-0.39, 0.29) is 6.10 Å². The Labute approximate surface area is 117 Å². The quantitative estimate of drug-likeness (QED) is 0.859. The van der Waals surface area contributed by atoms with E-state index in [9.17, 15) is 0 Å². The summed E-state index contributed by atoms with van der Waals surface area (Å²) in [6.45, 7) is 6.49. The van der Waals surface area contributed by atoms with Gasteiger partial charge in [-0.2, -0.15) is 0 Å². The molecule has 1 aliphatic carbocycles. The first-order chi connectivity index (χ1) is 9.10. The molecule has 1 N–H and O–H groups in total. The maximum atomic E-state index is 5.70. The predicted octanol–water partition coefficient (Wildman–Crippen LogP) is 4.17. The molecule has 1 fully saturated rings. The van der Waals surface area contributed by atoms with Crippen LogP contribution in [0.1, 0.15) is 51.6 Å². The average molecular weight is 261 g/mol. The van der Waals surface area contributed by atoms with Gasteiger partial charge in [0.05, 0.1) is 6.10 Å². The highest BCUT2D eigenvalue weighted by molar-refractivity contribution is 5.29. The van der Waals surface area contributed by atoms with Crippen molar-refractivity contribution in [3.05, 3.63) is 29.8 Å². The second-order valence-corrected chi connectivity index (χ2v) is 6.18. The van der Waals surface area contributed by atoms with E-state index in [1.807, 2.05) is 0 Å². The van der Waals surface area contributed by atoms with E-state index in [1.54, 1.807) is 0 Å². The molecule has 0 radical (unpaired) electrons. The summed E-state index contributed by atoms with van der Waals surface area (Å²) < 4.78 is 5.70. The van der Waals surface area contributed by atoms with Crippen molar-refractivity contribution in [3.8, 4) is 5.75 Å². The number of ether oxygens (including phenoxy) is 1. The molecule has 3 atom stereocenters. The van der Waals surface area contributed by atoms with Gasteiger partial charge in [0, 0.05) is 6.04 Å². The molecular formula is C17H27NO. The third kappa shape index (κ3) is 3.73. The topological polar surface area (TPSA) is 21.3 Å². The van der Waals surface area contributed by atoms with Gasteiger partial charge in [-0.05, 0) is 63.3 Å². The first-order valence-electron chi connectivity index (χ1n) is 7.54. The van der Waals surface area contributed by atoms with Crippen LogP contribution >= 0.6 is 0 Å². The molecule has 2 nitrogen and oxygen atoms in total. The van der Waals surface area contributed by atoms with Crippen molar-refractivity contribution in [2.24, 2.45) is 11.8 Å². The molecule has 106 valence electrons. The third-order valence-electron chi connectivity index (χ3n) is 4.13. The van der Waals surface area contributed by atoms with E-state index in [0.717, 1.165) is 17.6 Å². The summed E-state index contributed by atoms with van der Waals surface area (Å²) in [7, 11) is 2.08. The summed E-state index contributed by atoms with van der Waals surface area (Å²) >= 11 is 0. The SMILES string of the molecule is CNC(c1ccc(OC(C)C)cc1)C1CCC(C)C1. The minimum absolute atomic E-state index is 0.238. The zero-order valence-electron chi connectivity index (χ0n) is 12.6. The summed E-state index contributed by atoms with van der Waals surface area (Å²) in [6.07, 6.45) is 4.30. The largest absolute Gasteiger partial charge is 0.491 e. The standard InChI is InChI=1S/C17H27NO/c1-12(2)19-16-9-7-14(8-10-16)17(18-4)15-6-5-13(3)11-15/h7-10,12-13,15,17-18H,5-6,11H2,1-4H3. The van der Waals surface area contributed by atoms with Crippen molar-refractivity contribution in [2.75, 3.05) is 7.05 Å². The highest BCUT2D eigenvalue weighted by Crippen LogP contribution is 2.38. The number of hydrogen-bond donors (Lipinski definition) is 1. The van der Waals surface area contributed by atoms with Gasteiger partial charge >= 0.3 is 0 Å². The Balaban J connectivity index is 2.06. The minimum Gasteiger partial charge on any atom is -0.491 e. The molecule has 0 aliphatic heterocycles. The van der Waals surface area contributed by atoms with Crippen molar-refractivity contribution in [2.45, 2.75) is 52.2 Å². The molecule has 1 saturated carbocycles. The maximum absolute atomic E-state index is 5.70. The van der Waals surface area contributed by atoms with Crippen LogP contribution in [0.4, 0.5) is 0 Å². The molecule has 1 aromatic carbocycles. The van der Waals surface area contributed by atoms with Gasteiger partial charge in [0.2, 0.25) is 0 Å². The van der Waals surface area contributed by atoms with Crippen LogP contribution in [-0.2, 0) is 0 Å². The lowest BCUT2D eigenvalue weighted by Crippen LogP contribution is -2.23. The van der Waals surface area contributed by atoms with Crippen LogP contribution < -0.4 is 10.1 Å². The highest BCUT2D eigenvalue weighted by atomic mass is 16.5. The Kier molecular flexibility index (Phi) is 4.87. The molecule has 19 heavy (non-hydrogen) atoms. The van der Waals surface area contributed by atoms with Crippen molar-refractivity contribution in [3.63, 3.8) is 0 Å². The fraction of sp³-hybridized carbons (Fsp3) is 0.647. The van der Waals surface area contributed by atoms with Gasteiger partial charge in [-0.3, -0.25) is 0 Å². The molecule has 0 aromatic heterocycles. The number of nitrogens with one attached hydrogen (secondary N) is 1. The predicted molar refractivity (Wildman–Crippen MR) is 80.5 cm³/mol. The van der Waals surface area contributed by atoms with E-state index in [4.69, 9.17) is 4.74 Å². The molecule has 0 heterocycles.